The van der Waals surface area contributed by atoms with Crippen LogP contribution in [0.15, 0.2) is 47.0 Å². The van der Waals surface area contributed by atoms with Crippen molar-refractivity contribution in [3.05, 3.63) is 47.0 Å². The molecular weight excluding hydrogens is 226 g/mol. The standard InChI is InChI=1S/C13H11N5/c1-2-18-6-4-3-5-12(18)11(9-16)13(17)10(7-14)8-15/h3-6H,2,17H2,1H3. The van der Waals surface area contributed by atoms with E-state index in [1.54, 1.807) is 30.5 Å². The van der Waals surface area contributed by atoms with E-state index >= 15 is 0 Å². The lowest BCUT2D eigenvalue weighted by Crippen LogP contribution is -2.20. The van der Waals surface area contributed by atoms with E-state index in [1.165, 1.54) is 0 Å². The van der Waals surface area contributed by atoms with Gasteiger partial charge in [0.1, 0.15) is 23.8 Å². The molecule has 1 aliphatic heterocycles. The van der Waals surface area contributed by atoms with Crippen molar-refractivity contribution in [1.29, 1.82) is 15.8 Å². The molecule has 0 radical (unpaired) electrons. The first kappa shape index (κ1) is 13.1. The highest BCUT2D eigenvalue weighted by atomic mass is 15.1. The first-order valence-corrected chi connectivity index (χ1v) is 5.25. The van der Waals surface area contributed by atoms with Crippen LogP contribution in [0.2, 0.25) is 0 Å². The molecule has 0 saturated heterocycles. The number of rotatable bonds is 2. The molecule has 0 saturated carbocycles. The third-order valence-electron chi connectivity index (χ3n) is 2.41. The second-order valence-corrected chi connectivity index (χ2v) is 3.37. The van der Waals surface area contributed by atoms with E-state index in [9.17, 15) is 5.26 Å². The quantitative estimate of drug-likeness (QED) is 0.732. The number of nitrogens with two attached hydrogens (primary N) is 1. The second kappa shape index (κ2) is 5.94. The number of hydrogen-bond acceptors (Lipinski definition) is 5. The predicted molar refractivity (Wildman–Crippen MR) is 65.7 cm³/mol. The largest absolute Gasteiger partial charge is 0.396 e. The number of nitrogens with zero attached hydrogens (tertiary/aromatic N) is 4. The zero-order chi connectivity index (χ0) is 13.5. The van der Waals surface area contributed by atoms with Crippen molar-refractivity contribution in [1.82, 2.24) is 4.90 Å². The first-order chi connectivity index (χ1) is 8.69. The molecule has 2 N–H and O–H groups in total. The van der Waals surface area contributed by atoms with E-state index in [-0.39, 0.29) is 16.8 Å². The summed E-state index contributed by atoms with van der Waals surface area (Å²) in [5.74, 6) is 0. The summed E-state index contributed by atoms with van der Waals surface area (Å²) in [5.41, 5.74) is 6.09. The molecule has 0 fully saturated rings. The van der Waals surface area contributed by atoms with Crippen LogP contribution in [0.3, 0.4) is 0 Å². The molecule has 0 aromatic carbocycles. The Labute approximate surface area is 106 Å². The molecule has 5 heteroatoms. The average Bonchev–Trinajstić information content (AvgIpc) is 2.41. The molecular formula is C13H11N5. The Morgan fingerprint density at radius 3 is 2.39 bits per heavy atom. The zero-order valence-corrected chi connectivity index (χ0v) is 9.88. The van der Waals surface area contributed by atoms with E-state index in [4.69, 9.17) is 16.3 Å². The molecule has 0 amide bonds. The molecule has 1 aliphatic rings. The Kier molecular flexibility index (Phi) is 4.32. The number of likely N-dealkylation sites (N-methyl/N-ethyl adjacent to an activating group) is 1. The van der Waals surface area contributed by atoms with Crippen molar-refractivity contribution in [2.45, 2.75) is 6.92 Å². The van der Waals surface area contributed by atoms with Gasteiger partial charge in [0, 0.05) is 12.7 Å². The van der Waals surface area contributed by atoms with E-state index in [0.29, 0.717) is 12.2 Å². The first-order valence-electron chi connectivity index (χ1n) is 5.25. The fraction of sp³-hybridized carbons (Fsp3) is 0.154. The molecule has 1 rings (SSSR count). The van der Waals surface area contributed by atoms with Gasteiger partial charge >= 0.3 is 0 Å². The van der Waals surface area contributed by atoms with Gasteiger partial charge in [0.2, 0.25) is 0 Å². The summed E-state index contributed by atoms with van der Waals surface area (Å²) < 4.78 is 0. The summed E-state index contributed by atoms with van der Waals surface area (Å²) in [4.78, 5) is 1.82. The molecule has 0 unspecified atom stereocenters. The lowest BCUT2D eigenvalue weighted by atomic mass is 10.1. The van der Waals surface area contributed by atoms with Gasteiger partial charge in [-0.1, -0.05) is 6.08 Å². The molecule has 1 heterocycles. The minimum absolute atomic E-state index is 0.0871. The van der Waals surface area contributed by atoms with Gasteiger partial charge in [0.25, 0.3) is 0 Å². The van der Waals surface area contributed by atoms with Crippen LogP contribution in [0, 0.1) is 34.0 Å². The highest BCUT2D eigenvalue weighted by Gasteiger charge is 2.16. The van der Waals surface area contributed by atoms with Crippen LogP contribution in [0.25, 0.3) is 0 Å². The van der Waals surface area contributed by atoms with E-state index in [2.05, 4.69) is 0 Å². The Morgan fingerprint density at radius 2 is 1.89 bits per heavy atom. The molecule has 0 atom stereocenters. The summed E-state index contributed by atoms with van der Waals surface area (Å²) >= 11 is 0. The van der Waals surface area contributed by atoms with E-state index in [0.717, 1.165) is 0 Å². The van der Waals surface area contributed by atoms with Crippen LogP contribution < -0.4 is 5.73 Å². The number of allylic oxidation sites excluding steroid dienone is 5. The van der Waals surface area contributed by atoms with Gasteiger partial charge in [-0.25, -0.2) is 0 Å². The Bertz CT molecular complexity index is 568. The van der Waals surface area contributed by atoms with Crippen molar-refractivity contribution >= 4 is 0 Å². The predicted octanol–water partition coefficient (Wildman–Crippen LogP) is 1.43. The summed E-state index contributed by atoms with van der Waals surface area (Å²) in [7, 11) is 0. The van der Waals surface area contributed by atoms with Crippen molar-refractivity contribution in [3.8, 4) is 18.2 Å². The molecule has 0 spiro atoms. The van der Waals surface area contributed by atoms with Crippen LogP contribution in [0.4, 0.5) is 0 Å². The Morgan fingerprint density at radius 1 is 1.22 bits per heavy atom. The Balaban J connectivity index is 3.44. The maximum Gasteiger partial charge on any atom is 0.153 e. The lowest BCUT2D eigenvalue weighted by molar-refractivity contribution is 0.500. The summed E-state index contributed by atoms with van der Waals surface area (Å²) in [6.07, 6.45) is 7.13. The highest BCUT2D eigenvalue weighted by molar-refractivity contribution is 5.56. The molecule has 88 valence electrons. The summed E-state index contributed by atoms with van der Waals surface area (Å²) in [6, 6.07) is 5.32. The van der Waals surface area contributed by atoms with Gasteiger partial charge < -0.3 is 10.6 Å². The summed E-state index contributed by atoms with van der Waals surface area (Å²) in [5, 5.41) is 26.7. The number of hydrogen-bond donors (Lipinski definition) is 1. The average molecular weight is 237 g/mol. The number of nitriles is 3. The van der Waals surface area contributed by atoms with Crippen LogP contribution in [-0.2, 0) is 0 Å². The molecule has 0 aliphatic carbocycles. The molecule has 0 bridgehead atoms. The van der Waals surface area contributed by atoms with E-state index < -0.39 is 0 Å². The lowest BCUT2D eigenvalue weighted by Gasteiger charge is -2.23. The van der Waals surface area contributed by atoms with E-state index in [1.807, 2.05) is 24.0 Å². The SMILES string of the molecule is CCN1C=CC=CC1=C(C#N)C(N)=C(C#N)C#N. The molecule has 0 aromatic rings. The van der Waals surface area contributed by atoms with Gasteiger partial charge in [-0.3, -0.25) is 0 Å². The fourth-order valence-electron chi connectivity index (χ4n) is 1.50. The van der Waals surface area contributed by atoms with Crippen molar-refractivity contribution < 1.29 is 0 Å². The van der Waals surface area contributed by atoms with Crippen LogP contribution in [-0.4, -0.2) is 11.4 Å². The van der Waals surface area contributed by atoms with Crippen LogP contribution in [0.1, 0.15) is 6.92 Å². The van der Waals surface area contributed by atoms with Gasteiger partial charge in [-0.05, 0) is 19.1 Å². The zero-order valence-electron chi connectivity index (χ0n) is 9.88. The third kappa shape index (κ3) is 2.40. The van der Waals surface area contributed by atoms with Gasteiger partial charge in [-0.15, -0.1) is 0 Å². The smallest absolute Gasteiger partial charge is 0.153 e. The van der Waals surface area contributed by atoms with Gasteiger partial charge in [0.05, 0.1) is 11.4 Å². The fourth-order valence-corrected chi connectivity index (χ4v) is 1.50. The van der Waals surface area contributed by atoms with Crippen LogP contribution in [0.5, 0.6) is 0 Å². The van der Waals surface area contributed by atoms with Crippen molar-refractivity contribution in [3.63, 3.8) is 0 Å². The van der Waals surface area contributed by atoms with Gasteiger partial charge in [-0.2, -0.15) is 15.8 Å². The monoisotopic (exact) mass is 237 g/mol. The maximum atomic E-state index is 9.18. The molecule has 18 heavy (non-hydrogen) atoms. The molecule has 0 aromatic heterocycles. The van der Waals surface area contributed by atoms with Crippen molar-refractivity contribution in [2.24, 2.45) is 5.73 Å². The minimum Gasteiger partial charge on any atom is -0.396 e. The molecule has 5 nitrogen and oxygen atoms in total. The van der Waals surface area contributed by atoms with Crippen molar-refractivity contribution in [2.75, 3.05) is 6.54 Å². The third-order valence-corrected chi connectivity index (χ3v) is 2.41. The van der Waals surface area contributed by atoms with Gasteiger partial charge in [0.15, 0.2) is 5.57 Å². The Hall–Kier alpha value is -2.97. The second-order valence-electron chi connectivity index (χ2n) is 3.37. The highest BCUT2D eigenvalue weighted by Crippen LogP contribution is 2.21. The van der Waals surface area contributed by atoms with Crippen LogP contribution >= 0.6 is 0 Å². The minimum atomic E-state index is -0.252. The maximum absolute atomic E-state index is 9.18. The topological polar surface area (TPSA) is 101 Å². The normalized spacial score (nSPS) is 15.3. The summed E-state index contributed by atoms with van der Waals surface area (Å²) in [6.45, 7) is 2.58.